The Hall–Kier alpha value is -3.57. The third-order valence-electron chi connectivity index (χ3n) is 4.79. The summed E-state index contributed by atoms with van der Waals surface area (Å²) in [5, 5.41) is 15.5. The maximum Gasteiger partial charge on any atom is 0.319 e. The monoisotopic (exact) mass is 435 g/mol. The molecule has 158 valence electrons. The van der Waals surface area contributed by atoms with Gasteiger partial charge in [-0.3, -0.25) is 14.4 Å². The molecule has 2 aromatic rings. The summed E-state index contributed by atoms with van der Waals surface area (Å²) in [5.74, 6) is -3.57. The summed E-state index contributed by atoms with van der Waals surface area (Å²) < 4.78 is 4.81. The van der Waals surface area contributed by atoms with Crippen LogP contribution < -0.4 is 10.6 Å². The van der Waals surface area contributed by atoms with Gasteiger partial charge in [-0.25, -0.2) is 0 Å². The number of nitriles is 1. The highest BCUT2D eigenvalue weighted by atomic mass is 32.2. The summed E-state index contributed by atoms with van der Waals surface area (Å²) in [5.41, 5.74) is 2.54. The molecule has 2 N–H and O–H groups in total. The molecule has 0 aliphatic carbocycles. The van der Waals surface area contributed by atoms with Crippen LogP contribution in [0.1, 0.15) is 17.0 Å². The molecule has 0 aromatic heterocycles. The Morgan fingerprint density at radius 1 is 1.19 bits per heavy atom. The first-order chi connectivity index (χ1) is 14.9. The van der Waals surface area contributed by atoms with Gasteiger partial charge in [-0.1, -0.05) is 54.2 Å². The first kappa shape index (κ1) is 22.1. The molecule has 1 aliphatic heterocycles. The second kappa shape index (κ2) is 9.96. The van der Waals surface area contributed by atoms with Crippen LogP contribution in [0.5, 0.6) is 0 Å². The van der Waals surface area contributed by atoms with Gasteiger partial charge in [0.05, 0.1) is 29.5 Å². The van der Waals surface area contributed by atoms with Gasteiger partial charge < -0.3 is 15.4 Å². The van der Waals surface area contributed by atoms with Crippen molar-refractivity contribution < 1.29 is 19.1 Å². The van der Waals surface area contributed by atoms with E-state index in [1.54, 1.807) is 36.4 Å². The van der Waals surface area contributed by atoms with E-state index in [2.05, 4.69) is 16.7 Å². The van der Waals surface area contributed by atoms with Crippen LogP contribution in [0.2, 0.25) is 0 Å². The van der Waals surface area contributed by atoms with Crippen molar-refractivity contribution in [3.63, 3.8) is 0 Å². The zero-order valence-corrected chi connectivity index (χ0v) is 17.9. The molecular weight excluding hydrogens is 414 g/mol. The fourth-order valence-electron chi connectivity index (χ4n) is 3.40. The van der Waals surface area contributed by atoms with E-state index in [0.717, 1.165) is 17.3 Å². The second-order valence-electron chi connectivity index (χ2n) is 6.94. The van der Waals surface area contributed by atoms with Gasteiger partial charge in [0.15, 0.2) is 0 Å². The number of rotatable bonds is 6. The van der Waals surface area contributed by atoms with E-state index in [1.807, 2.05) is 25.1 Å². The zero-order valence-electron chi connectivity index (χ0n) is 17.0. The van der Waals surface area contributed by atoms with Gasteiger partial charge in [0, 0.05) is 11.6 Å². The molecule has 0 unspecified atom stereocenters. The number of carbonyl (C=O) groups is 3. The number of methoxy groups -OCH3 is 1. The van der Waals surface area contributed by atoms with Crippen molar-refractivity contribution in [1.29, 1.82) is 5.26 Å². The smallest absolute Gasteiger partial charge is 0.319 e. The van der Waals surface area contributed by atoms with Crippen molar-refractivity contribution in [2.24, 2.45) is 5.92 Å². The Kier molecular flexibility index (Phi) is 7.11. The largest absolute Gasteiger partial charge is 0.468 e. The van der Waals surface area contributed by atoms with Crippen molar-refractivity contribution in [3.05, 3.63) is 76.3 Å². The van der Waals surface area contributed by atoms with Crippen LogP contribution >= 0.6 is 11.8 Å². The minimum atomic E-state index is -1.19. The van der Waals surface area contributed by atoms with Crippen LogP contribution in [0.15, 0.2) is 65.2 Å². The van der Waals surface area contributed by atoms with Gasteiger partial charge in [0.1, 0.15) is 5.92 Å². The lowest BCUT2D eigenvalue weighted by Crippen LogP contribution is -2.44. The topological polar surface area (TPSA) is 108 Å². The predicted octanol–water partition coefficient (Wildman–Crippen LogP) is 3.10. The summed E-state index contributed by atoms with van der Waals surface area (Å²) in [6.45, 7) is 1.92. The summed E-state index contributed by atoms with van der Waals surface area (Å²) >= 11 is 1.05. The number of amides is 2. The molecule has 7 nitrogen and oxygen atoms in total. The highest BCUT2D eigenvalue weighted by molar-refractivity contribution is 8.03. The van der Waals surface area contributed by atoms with Gasteiger partial charge in [0.2, 0.25) is 11.8 Å². The minimum Gasteiger partial charge on any atom is -0.468 e. The van der Waals surface area contributed by atoms with Crippen LogP contribution in [0.3, 0.4) is 0 Å². The van der Waals surface area contributed by atoms with E-state index in [-0.39, 0.29) is 22.3 Å². The number of esters is 1. The Balaban J connectivity index is 1.86. The molecule has 0 saturated heterocycles. The molecular formula is C23H21N3O4S. The van der Waals surface area contributed by atoms with Gasteiger partial charge in [0.25, 0.3) is 0 Å². The molecule has 2 amide bonds. The highest BCUT2D eigenvalue weighted by Crippen LogP contribution is 2.40. The number of hydrogen-bond donors (Lipinski definition) is 2. The van der Waals surface area contributed by atoms with Gasteiger partial charge in [-0.2, -0.15) is 5.26 Å². The molecule has 2 atom stereocenters. The number of aryl methyl sites for hydroxylation is 1. The lowest BCUT2D eigenvalue weighted by molar-refractivity contribution is -0.150. The molecule has 2 aromatic carbocycles. The first-order valence-electron chi connectivity index (χ1n) is 9.51. The number of carbonyl (C=O) groups excluding carboxylic acids is 3. The third-order valence-corrected chi connectivity index (χ3v) is 5.81. The molecule has 8 heteroatoms. The van der Waals surface area contributed by atoms with Crippen LogP contribution in [0, 0.1) is 24.2 Å². The van der Waals surface area contributed by atoms with Crippen LogP contribution in [0.25, 0.3) is 0 Å². The first-order valence-corrected chi connectivity index (χ1v) is 10.5. The summed E-state index contributed by atoms with van der Waals surface area (Å²) in [6.07, 6.45) is 0. The number of hydrogen-bond acceptors (Lipinski definition) is 6. The fraction of sp³-hybridized carbons (Fsp3) is 0.217. The number of benzene rings is 2. The minimum absolute atomic E-state index is 0.0147. The number of anilines is 1. The van der Waals surface area contributed by atoms with E-state index >= 15 is 0 Å². The Morgan fingerprint density at radius 3 is 2.58 bits per heavy atom. The molecule has 0 spiro atoms. The van der Waals surface area contributed by atoms with E-state index < -0.39 is 23.7 Å². The molecule has 0 saturated carbocycles. The van der Waals surface area contributed by atoms with Crippen molar-refractivity contribution in [2.45, 2.75) is 12.8 Å². The molecule has 0 fully saturated rings. The van der Waals surface area contributed by atoms with Gasteiger partial charge >= 0.3 is 5.97 Å². The van der Waals surface area contributed by atoms with Crippen molar-refractivity contribution >= 4 is 35.2 Å². The average Bonchev–Trinajstić information content (AvgIpc) is 2.77. The van der Waals surface area contributed by atoms with Crippen molar-refractivity contribution in [1.82, 2.24) is 5.32 Å². The van der Waals surface area contributed by atoms with E-state index in [1.165, 1.54) is 7.11 Å². The highest BCUT2D eigenvalue weighted by Gasteiger charge is 2.44. The maximum atomic E-state index is 12.8. The van der Waals surface area contributed by atoms with Gasteiger partial charge in [-0.15, -0.1) is 0 Å². The summed E-state index contributed by atoms with van der Waals surface area (Å²) in [6, 6.07) is 18.4. The third kappa shape index (κ3) is 5.13. The van der Waals surface area contributed by atoms with Crippen LogP contribution in [-0.2, 0) is 19.1 Å². The number of nitrogens with one attached hydrogen (secondary N) is 2. The molecule has 3 rings (SSSR count). The number of allylic oxidation sites excluding steroid dienone is 1. The standard InChI is InChI=1S/C23H21N3O4S/c1-14-7-6-10-16(11-14)25-18(27)13-31-22-17(12-24)19(15-8-4-3-5-9-15)20(21(28)26-22)23(29)30-2/h3-11,19-20H,13H2,1-2H3,(H,25,27)(H,26,28)/t19-,20+/m0/s1. The van der Waals surface area contributed by atoms with Crippen LogP contribution in [0.4, 0.5) is 5.69 Å². The molecule has 0 radical (unpaired) electrons. The molecule has 1 aliphatic rings. The second-order valence-corrected chi connectivity index (χ2v) is 7.92. The quantitative estimate of drug-likeness (QED) is 0.533. The normalized spacial score (nSPS) is 18.0. The van der Waals surface area contributed by atoms with Gasteiger partial charge in [-0.05, 0) is 30.2 Å². The average molecular weight is 436 g/mol. The van der Waals surface area contributed by atoms with Crippen LogP contribution in [-0.4, -0.2) is 30.6 Å². The lowest BCUT2D eigenvalue weighted by Gasteiger charge is -2.30. The molecule has 0 bridgehead atoms. The van der Waals surface area contributed by atoms with E-state index in [9.17, 15) is 19.6 Å². The Bertz CT molecular complexity index is 1080. The number of ether oxygens (including phenoxy) is 1. The van der Waals surface area contributed by atoms with Crippen molar-refractivity contribution in [2.75, 3.05) is 18.2 Å². The number of thioether (sulfide) groups is 1. The Labute approximate surface area is 184 Å². The maximum absolute atomic E-state index is 12.8. The SMILES string of the molecule is COC(=O)[C@H]1C(=O)NC(SCC(=O)Nc2cccc(C)c2)=C(C#N)[C@@H]1c1ccccc1. The summed E-state index contributed by atoms with van der Waals surface area (Å²) in [4.78, 5) is 37.5. The zero-order chi connectivity index (χ0) is 22.4. The Morgan fingerprint density at radius 2 is 1.94 bits per heavy atom. The van der Waals surface area contributed by atoms with E-state index in [4.69, 9.17) is 4.74 Å². The fourth-order valence-corrected chi connectivity index (χ4v) is 4.25. The van der Waals surface area contributed by atoms with Crippen molar-refractivity contribution in [3.8, 4) is 6.07 Å². The lowest BCUT2D eigenvalue weighted by atomic mass is 9.78. The molecule has 1 heterocycles. The summed E-state index contributed by atoms with van der Waals surface area (Å²) in [7, 11) is 1.20. The molecule has 31 heavy (non-hydrogen) atoms. The van der Waals surface area contributed by atoms with E-state index in [0.29, 0.717) is 11.3 Å². The predicted molar refractivity (Wildman–Crippen MR) is 118 cm³/mol. The number of nitrogens with zero attached hydrogens (tertiary/aromatic N) is 1.